The molecule has 4 nitrogen and oxygen atoms in total. The van der Waals surface area contributed by atoms with E-state index in [9.17, 15) is 13.6 Å². The molecule has 0 atom stereocenters. The van der Waals surface area contributed by atoms with Gasteiger partial charge < -0.3 is 5.21 Å². The molecule has 0 bridgehead atoms. The molecule has 2 aromatic rings. The van der Waals surface area contributed by atoms with E-state index in [1.54, 1.807) is 36.4 Å². The zero-order chi connectivity index (χ0) is 12.3. The van der Waals surface area contributed by atoms with Gasteiger partial charge in [0.2, 0.25) is 0 Å². The quantitative estimate of drug-likeness (QED) is 0.608. The first kappa shape index (κ1) is 11.6. The third-order valence-corrected chi connectivity index (χ3v) is 4.00. The van der Waals surface area contributed by atoms with Crippen molar-refractivity contribution in [3.63, 3.8) is 0 Å². The summed E-state index contributed by atoms with van der Waals surface area (Å²) < 4.78 is 24.6. The summed E-state index contributed by atoms with van der Waals surface area (Å²) in [4.78, 5) is 0.265. The minimum Gasteiger partial charge on any atom is -0.619 e. The van der Waals surface area contributed by atoms with Crippen LogP contribution in [0.3, 0.4) is 0 Å². The highest BCUT2D eigenvalue weighted by Crippen LogP contribution is 2.14. The van der Waals surface area contributed by atoms with E-state index in [1.807, 2.05) is 0 Å². The maximum Gasteiger partial charge on any atom is 0.184 e. The average Bonchev–Trinajstić information content (AvgIpc) is 2.29. The molecule has 2 rings (SSSR count). The molecule has 0 radical (unpaired) electrons. The van der Waals surface area contributed by atoms with Gasteiger partial charge in [-0.05, 0) is 18.2 Å². The predicted octanol–water partition coefficient (Wildman–Crippen LogP) is 1.29. The van der Waals surface area contributed by atoms with Crippen LogP contribution in [0.4, 0.5) is 0 Å². The molecule has 17 heavy (non-hydrogen) atoms. The van der Waals surface area contributed by atoms with Crippen molar-refractivity contribution in [2.24, 2.45) is 0 Å². The van der Waals surface area contributed by atoms with E-state index in [2.05, 4.69) is 0 Å². The summed E-state index contributed by atoms with van der Waals surface area (Å²) >= 11 is 0. The molecule has 0 aliphatic carbocycles. The highest BCUT2D eigenvalue weighted by atomic mass is 32.2. The summed E-state index contributed by atoms with van der Waals surface area (Å²) in [5, 5.41) is 11.0. The van der Waals surface area contributed by atoms with Gasteiger partial charge in [-0.15, -0.1) is 0 Å². The maximum absolute atomic E-state index is 12.0. The Morgan fingerprint density at radius 1 is 1.06 bits per heavy atom. The van der Waals surface area contributed by atoms with Crippen molar-refractivity contribution < 1.29 is 13.1 Å². The van der Waals surface area contributed by atoms with Gasteiger partial charge in [0.25, 0.3) is 0 Å². The Morgan fingerprint density at radius 3 is 2.41 bits per heavy atom. The van der Waals surface area contributed by atoms with Crippen molar-refractivity contribution in [1.82, 2.24) is 0 Å². The first-order chi connectivity index (χ1) is 8.08. The number of hydrogen-bond donors (Lipinski definition) is 0. The van der Waals surface area contributed by atoms with Gasteiger partial charge in [0.15, 0.2) is 22.2 Å². The summed E-state index contributed by atoms with van der Waals surface area (Å²) in [7, 11) is -3.38. The molecule has 5 heteroatoms. The Morgan fingerprint density at radius 2 is 1.76 bits per heavy atom. The summed E-state index contributed by atoms with van der Waals surface area (Å²) in [5.41, 5.74) is 0.478. The van der Waals surface area contributed by atoms with Crippen LogP contribution in [0.25, 0.3) is 0 Å². The van der Waals surface area contributed by atoms with Gasteiger partial charge >= 0.3 is 0 Å². The van der Waals surface area contributed by atoms with Crippen LogP contribution in [-0.2, 0) is 15.6 Å². The van der Waals surface area contributed by atoms with Crippen LogP contribution < -0.4 is 4.73 Å². The fourth-order valence-corrected chi connectivity index (χ4v) is 2.86. The van der Waals surface area contributed by atoms with Crippen LogP contribution in [-0.4, -0.2) is 8.42 Å². The smallest absolute Gasteiger partial charge is 0.184 e. The van der Waals surface area contributed by atoms with E-state index in [1.165, 1.54) is 18.5 Å². The van der Waals surface area contributed by atoms with Gasteiger partial charge in [-0.1, -0.05) is 18.2 Å². The zero-order valence-electron chi connectivity index (χ0n) is 8.98. The molecule has 0 fully saturated rings. The van der Waals surface area contributed by atoms with E-state index in [0.717, 1.165) is 0 Å². The second-order valence-corrected chi connectivity index (χ2v) is 5.63. The van der Waals surface area contributed by atoms with Gasteiger partial charge in [-0.3, -0.25) is 0 Å². The summed E-state index contributed by atoms with van der Waals surface area (Å²) in [6, 6.07) is 11.3. The SMILES string of the molecule is O=S(=O)(Cc1ccc[n+]([O-])c1)c1ccccc1. The van der Waals surface area contributed by atoms with Gasteiger partial charge in [-0.2, -0.15) is 4.73 Å². The molecular formula is C12H11NO3S. The molecule has 0 spiro atoms. The fourth-order valence-electron chi connectivity index (χ4n) is 1.52. The second-order valence-electron chi connectivity index (χ2n) is 3.64. The molecule has 0 amide bonds. The number of aromatic nitrogens is 1. The van der Waals surface area contributed by atoms with E-state index in [-0.39, 0.29) is 10.6 Å². The van der Waals surface area contributed by atoms with Crippen LogP contribution in [0, 0.1) is 5.21 Å². The standard InChI is InChI=1S/C12H11NO3S/c14-13-8-4-5-11(9-13)10-17(15,16)12-6-2-1-3-7-12/h1-9H,10H2. The number of hydrogen-bond acceptors (Lipinski definition) is 3. The normalized spacial score (nSPS) is 11.3. The molecule has 0 aliphatic rings. The first-order valence-electron chi connectivity index (χ1n) is 5.03. The van der Waals surface area contributed by atoms with Crippen LogP contribution in [0.5, 0.6) is 0 Å². The molecule has 0 saturated carbocycles. The van der Waals surface area contributed by atoms with Gasteiger partial charge in [0, 0.05) is 11.6 Å². The Bertz CT molecular complexity index is 609. The summed E-state index contributed by atoms with van der Waals surface area (Å²) in [6.07, 6.45) is 2.58. The minimum atomic E-state index is -3.38. The molecule has 0 saturated heterocycles. The number of sulfone groups is 1. The Balaban J connectivity index is 2.30. The highest BCUT2D eigenvalue weighted by molar-refractivity contribution is 7.90. The molecule has 1 aromatic carbocycles. The van der Waals surface area contributed by atoms with Gasteiger partial charge in [0.05, 0.1) is 10.6 Å². The van der Waals surface area contributed by atoms with E-state index < -0.39 is 9.84 Å². The molecule has 88 valence electrons. The lowest BCUT2D eigenvalue weighted by Gasteiger charge is -2.04. The summed E-state index contributed by atoms with van der Waals surface area (Å²) in [6.45, 7) is 0. The van der Waals surface area contributed by atoms with Crippen LogP contribution >= 0.6 is 0 Å². The van der Waals surface area contributed by atoms with Crippen molar-refractivity contribution in [2.45, 2.75) is 10.6 Å². The van der Waals surface area contributed by atoms with Crippen molar-refractivity contribution in [1.29, 1.82) is 0 Å². The maximum atomic E-state index is 12.0. The van der Waals surface area contributed by atoms with Crippen molar-refractivity contribution in [2.75, 3.05) is 0 Å². The number of nitrogens with zero attached hydrogens (tertiary/aromatic N) is 1. The van der Waals surface area contributed by atoms with Gasteiger partial charge in [-0.25, -0.2) is 8.42 Å². The molecule has 0 unspecified atom stereocenters. The highest BCUT2D eigenvalue weighted by Gasteiger charge is 2.15. The summed E-state index contributed by atoms with van der Waals surface area (Å²) in [5.74, 6) is -0.167. The monoisotopic (exact) mass is 249 g/mol. The predicted molar refractivity (Wildman–Crippen MR) is 62.7 cm³/mol. The van der Waals surface area contributed by atoms with E-state index in [0.29, 0.717) is 10.3 Å². The van der Waals surface area contributed by atoms with Crippen LogP contribution in [0.1, 0.15) is 5.56 Å². The number of benzene rings is 1. The van der Waals surface area contributed by atoms with Crippen molar-refractivity contribution in [3.8, 4) is 0 Å². The Labute approximate surface area is 99.7 Å². The molecule has 1 heterocycles. The lowest BCUT2D eigenvalue weighted by molar-refractivity contribution is -0.605. The van der Waals surface area contributed by atoms with Crippen molar-refractivity contribution in [3.05, 3.63) is 65.6 Å². The van der Waals surface area contributed by atoms with E-state index >= 15 is 0 Å². The second kappa shape index (κ2) is 4.55. The largest absolute Gasteiger partial charge is 0.619 e. The number of pyridine rings is 1. The lowest BCUT2D eigenvalue weighted by atomic mass is 10.3. The fraction of sp³-hybridized carbons (Fsp3) is 0.0833. The third-order valence-electron chi connectivity index (χ3n) is 2.30. The minimum absolute atomic E-state index is 0.167. The molecule has 0 N–H and O–H groups in total. The molecule has 0 aliphatic heterocycles. The molecular weight excluding hydrogens is 238 g/mol. The van der Waals surface area contributed by atoms with E-state index in [4.69, 9.17) is 0 Å². The lowest BCUT2D eigenvalue weighted by Crippen LogP contribution is -2.25. The topological polar surface area (TPSA) is 61.1 Å². The zero-order valence-corrected chi connectivity index (χ0v) is 9.80. The van der Waals surface area contributed by atoms with Crippen LogP contribution in [0.15, 0.2) is 59.8 Å². The van der Waals surface area contributed by atoms with Crippen molar-refractivity contribution >= 4 is 9.84 Å². The number of rotatable bonds is 3. The molecule has 1 aromatic heterocycles. The Kier molecular flexibility index (Phi) is 3.10. The Hall–Kier alpha value is -1.88. The van der Waals surface area contributed by atoms with Crippen LogP contribution in [0.2, 0.25) is 0 Å². The third kappa shape index (κ3) is 2.82. The first-order valence-corrected chi connectivity index (χ1v) is 6.69. The van der Waals surface area contributed by atoms with Gasteiger partial charge in [0.1, 0.15) is 0 Å². The average molecular weight is 249 g/mol.